The van der Waals surface area contributed by atoms with E-state index in [0.29, 0.717) is 11.8 Å². The number of hydrogen-bond donors (Lipinski definition) is 1. The Morgan fingerprint density at radius 2 is 2.10 bits per heavy atom. The minimum absolute atomic E-state index is 0.0418. The summed E-state index contributed by atoms with van der Waals surface area (Å²) in [6.07, 6.45) is 1.87. The average molecular weight is 307 g/mol. The monoisotopic (exact) mass is 306 g/mol. The lowest BCUT2D eigenvalue weighted by atomic mass is 9.97. The fourth-order valence-corrected chi connectivity index (χ4v) is 3.12. The van der Waals surface area contributed by atoms with E-state index in [2.05, 4.69) is 26.1 Å². The molecule has 3 rings (SSSR count). The average Bonchev–Trinajstić information content (AvgIpc) is 3.17. The fraction of sp³-hybridized carbons (Fsp3) is 0.588. The lowest BCUT2D eigenvalue weighted by molar-refractivity contribution is -0.131. The standard InChI is InChI=1S/C17H23ClN2O/c1-11(2)12(3)10-20-15(13-5-4-6-14(18)9-13)19-17(7-8-17)16(20)21/h4-6,9,11-12,15,19H,7-8,10H2,1-3H3. The van der Waals surface area contributed by atoms with Crippen LogP contribution in [0.2, 0.25) is 5.02 Å². The summed E-state index contributed by atoms with van der Waals surface area (Å²) in [7, 11) is 0. The normalized spacial score (nSPS) is 24.9. The highest BCUT2D eigenvalue weighted by atomic mass is 35.5. The smallest absolute Gasteiger partial charge is 0.244 e. The summed E-state index contributed by atoms with van der Waals surface area (Å²) in [5.74, 6) is 1.31. The van der Waals surface area contributed by atoms with Gasteiger partial charge in [0.15, 0.2) is 0 Å². The Balaban J connectivity index is 1.88. The summed E-state index contributed by atoms with van der Waals surface area (Å²) in [6.45, 7) is 7.42. The van der Waals surface area contributed by atoms with E-state index in [1.165, 1.54) is 0 Å². The highest BCUT2D eigenvalue weighted by Gasteiger charge is 2.59. The Morgan fingerprint density at radius 1 is 1.38 bits per heavy atom. The van der Waals surface area contributed by atoms with E-state index < -0.39 is 0 Å². The number of benzene rings is 1. The molecule has 1 N–H and O–H groups in total. The molecule has 1 spiro atoms. The van der Waals surface area contributed by atoms with E-state index in [1.807, 2.05) is 29.2 Å². The molecule has 1 amide bonds. The van der Waals surface area contributed by atoms with Crippen LogP contribution in [-0.2, 0) is 4.79 Å². The van der Waals surface area contributed by atoms with Gasteiger partial charge >= 0.3 is 0 Å². The van der Waals surface area contributed by atoms with Gasteiger partial charge in [-0.05, 0) is 42.4 Å². The van der Waals surface area contributed by atoms with Crippen LogP contribution < -0.4 is 5.32 Å². The van der Waals surface area contributed by atoms with Gasteiger partial charge in [-0.15, -0.1) is 0 Å². The van der Waals surface area contributed by atoms with Crippen molar-refractivity contribution < 1.29 is 4.79 Å². The molecule has 4 heteroatoms. The third-order valence-electron chi connectivity index (χ3n) is 4.93. The number of rotatable bonds is 4. The molecule has 114 valence electrons. The number of nitrogens with one attached hydrogen (secondary N) is 1. The molecule has 1 aliphatic heterocycles. The molecular formula is C17H23ClN2O. The number of amides is 1. The predicted octanol–water partition coefficient (Wildman–Crippen LogP) is 3.60. The van der Waals surface area contributed by atoms with Crippen molar-refractivity contribution in [3.8, 4) is 0 Å². The van der Waals surface area contributed by atoms with Crippen LogP contribution in [0.25, 0.3) is 0 Å². The Kier molecular flexibility index (Phi) is 3.74. The molecule has 2 unspecified atom stereocenters. The Hall–Kier alpha value is -1.06. The number of hydrogen-bond acceptors (Lipinski definition) is 2. The van der Waals surface area contributed by atoms with Crippen LogP contribution in [0.5, 0.6) is 0 Å². The maximum Gasteiger partial charge on any atom is 0.244 e. The maximum atomic E-state index is 12.7. The molecule has 0 aromatic heterocycles. The van der Waals surface area contributed by atoms with Crippen LogP contribution in [0.15, 0.2) is 24.3 Å². The van der Waals surface area contributed by atoms with E-state index in [4.69, 9.17) is 11.6 Å². The van der Waals surface area contributed by atoms with Crippen LogP contribution in [-0.4, -0.2) is 22.9 Å². The van der Waals surface area contributed by atoms with Gasteiger partial charge in [-0.2, -0.15) is 0 Å². The molecule has 3 nitrogen and oxygen atoms in total. The molecule has 1 aliphatic carbocycles. The van der Waals surface area contributed by atoms with Crippen molar-refractivity contribution in [2.45, 2.75) is 45.3 Å². The van der Waals surface area contributed by atoms with Gasteiger partial charge in [-0.1, -0.05) is 44.5 Å². The van der Waals surface area contributed by atoms with Crippen molar-refractivity contribution in [2.24, 2.45) is 11.8 Å². The van der Waals surface area contributed by atoms with Gasteiger partial charge in [0.1, 0.15) is 11.7 Å². The third kappa shape index (κ3) is 2.69. The number of nitrogens with zero attached hydrogens (tertiary/aromatic N) is 1. The molecule has 1 saturated heterocycles. The number of halogens is 1. The van der Waals surface area contributed by atoms with E-state index in [1.54, 1.807) is 0 Å². The zero-order valence-corrected chi connectivity index (χ0v) is 13.7. The first-order chi connectivity index (χ1) is 9.93. The summed E-state index contributed by atoms with van der Waals surface area (Å²) in [5.41, 5.74) is 0.791. The zero-order chi connectivity index (χ0) is 15.2. The molecular weight excluding hydrogens is 284 g/mol. The van der Waals surface area contributed by atoms with Crippen LogP contribution in [0, 0.1) is 11.8 Å². The summed E-state index contributed by atoms with van der Waals surface area (Å²) in [4.78, 5) is 14.8. The SMILES string of the molecule is CC(C)C(C)CN1C(=O)C2(CC2)NC1c1cccc(Cl)c1. The molecule has 1 aromatic rings. The summed E-state index contributed by atoms with van der Waals surface area (Å²) in [5, 5.41) is 4.26. The minimum atomic E-state index is -0.288. The van der Waals surface area contributed by atoms with Crippen LogP contribution in [0.1, 0.15) is 45.3 Å². The van der Waals surface area contributed by atoms with Gasteiger partial charge in [0, 0.05) is 11.6 Å². The van der Waals surface area contributed by atoms with Crippen molar-refractivity contribution in [2.75, 3.05) is 6.54 Å². The Morgan fingerprint density at radius 3 is 2.67 bits per heavy atom. The molecule has 0 bridgehead atoms. The second kappa shape index (κ2) is 5.29. The molecule has 2 fully saturated rings. The number of carbonyl (C=O) groups is 1. The van der Waals surface area contributed by atoms with E-state index in [9.17, 15) is 4.79 Å². The predicted molar refractivity (Wildman–Crippen MR) is 85.0 cm³/mol. The van der Waals surface area contributed by atoms with Crippen molar-refractivity contribution in [3.05, 3.63) is 34.9 Å². The molecule has 1 saturated carbocycles. The summed E-state index contributed by atoms with van der Waals surface area (Å²) in [6, 6.07) is 7.83. The lowest BCUT2D eigenvalue weighted by Gasteiger charge is -2.29. The highest BCUT2D eigenvalue weighted by molar-refractivity contribution is 6.30. The molecule has 0 radical (unpaired) electrons. The molecule has 1 aromatic carbocycles. The van der Waals surface area contributed by atoms with Crippen LogP contribution >= 0.6 is 11.6 Å². The van der Waals surface area contributed by atoms with Crippen molar-refractivity contribution >= 4 is 17.5 Å². The fourth-order valence-electron chi connectivity index (χ4n) is 2.93. The third-order valence-corrected chi connectivity index (χ3v) is 5.17. The zero-order valence-electron chi connectivity index (χ0n) is 12.9. The Labute approximate surface area is 131 Å². The molecule has 2 aliphatic rings. The van der Waals surface area contributed by atoms with Gasteiger partial charge in [0.25, 0.3) is 0 Å². The van der Waals surface area contributed by atoms with Crippen molar-refractivity contribution in [1.82, 2.24) is 10.2 Å². The first kappa shape index (κ1) is 14.9. The van der Waals surface area contributed by atoms with E-state index in [-0.39, 0.29) is 17.6 Å². The molecule has 1 heterocycles. The quantitative estimate of drug-likeness (QED) is 0.922. The molecule has 2 atom stereocenters. The van der Waals surface area contributed by atoms with Crippen LogP contribution in [0.4, 0.5) is 0 Å². The van der Waals surface area contributed by atoms with Crippen molar-refractivity contribution in [1.29, 1.82) is 0 Å². The maximum absolute atomic E-state index is 12.7. The first-order valence-electron chi connectivity index (χ1n) is 7.77. The Bertz CT molecular complexity index is 553. The van der Waals surface area contributed by atoms with E-state index >= 15 is 0 Å². The van der Waals surface area contributed by atoms with Gasteiger partial charge in [0.05, 0.1) is 0 Å². The van der Waals surface area contributed by atoms with E-state index in [0.717, 1.165) is 30.0 Å². The lowest BCUT2D eigenvalue weighted by Crippen LogP contribution is -2.36. The number of carbonyl (C=O) groups excluding carboxylic acids is 1. The van der Waals surface area contributed by atoms with Gasteiger partial charge in [-0.25, -0.2) is 0 Å². The topological polar surface area (TPSA) is 32.3 Å². The second-order valence-electron chi connectivity index (χ2n) is 6.86. The first-order valence-corrected chi connectivity index (χ1v) is 8.15. The largest absolute Gasteiger partial charge is 0.321 e. The van der Waals surface area contributed by atoms with Crippen molar-refractivity contribution in [3.63, 3.8) is 0 Å². The van der Waals surface area contributed by atoms with Gasteiger partial charge < -0.3 is 4.90 Å². The summed E-state index contributed by atoms with van der Waals surface area (Å²) < 4.78 is 0. The second-order valence-corrected chi connectivity index (χ2v) is 7.30. The van der Waals surface area contributed by atoms with Gasteiger partial charge in [0.2, 0.25) is 5.91 Å². The van der Waals surface area contributed by atoms with Gasteiger partial charge in [-0.3, -0.25) is 10.1 Å². The molecule has 21 heavy (non-hydrogen) atoms. The summed E-state index contributed by atoms with van der Waals surface area (Å²) >= 11 is 6.12. The van der Waals surface area contributed by atoms with Crippen LogP contribution in [0.3, 0.4) is 0 Å². The highest BCUT2D eigenvalue weighted by Crippen LogP contribution is 2.46. The minimum Gasteiger partial charge on any atom is -0.321 e.